The van der Waals surface area contributed by atoms with Crippen LogP contribution in [0.4, 0.5) is 5.82 Å². The second-order valence-corrected chi connectivity index (χ2v) is 12.8. The zero-order valence-corrected chi connectivity index (χ0v) is 23.6. The number of amides is 1. The number of rotatable bonds is 10. The molecule has 2 unspecified atom stereocenters. The molecule has 10 N–H and O–H groups in total. The van der Waals surface area contributed by atoms with Gasteiger partial charge in [0.25, 0.3) is 5.91 Å². The third-order valence-electron chi connectivity index (χ3n) is 6.96. The van der Waals surface area contributed by atoms with Gasteiger partial charge in [-0.25, -0.2) is 15.0 Å². The van der Waals surface area contributed by atoms with Crippen LogP contribution in [-0.2, 0) is 18.1 Å². The number of fused-ring (bicyclic) bond motifs is 1. The topological polar surface area (TPSA) is 321 Å². The number of aliphatic hydroxyl groups is 4. The highest BCUT2D eigenvalue weighted by molar-refractivity contribution is 7.66. The van der Waals surface area contributed by atoms with E-state index in [1.165, 1.54) is 40.0 Å². The quantitative estimate of drug-likeness (QED) is 0.0755. The molecule has 234 valence electrons. The molecule has 0 bridgehead atoms. The normalized spacial score (nSPS) is 32.1. The van der Waals surface area contributed by atoms with Crippen molar-refractivity contribution < 1.29 is 67.5 Å². The van der Waals surface area contributed by atoms with E-state index < -0.39 is 77.7 Å². The molecule has 5 rings (SSSR count). The van der Waals surface area contributed by atoms with E-state index in [1.807, 2.05) is 0 Å². The number of aromatic nitrogens is 5. The number of ether oxygens (including phenoxy) is 1. The lowest BCUT2D eigenvalue weighted by Gasteiger charge is -2.27. The molecule has 2 aliphatic rings. The molecule has 1 amide bonds. The number of nitrogen functional groups attached to an aromatic ring is 1. The standard InChI is InChI=1S/C21H27N7O13P2/c22-18-13-20(25-7-24-18)28(8-26-13)21-17(32)16(31)12(39-21)6-38-42(34,35)41-43(36,37)40-11-4-10(14(29)15(11)30)27-3-1-2-9(5-27)19(23)33/h1-3,5,7-8,10-12,14-17,21,29-32H,4,6H2,(H5-,22,23,24,25,33,34,35,36,37)/p+1/t10-,11+,12-,14+,15-,16-,17-,21-/m1/s1. The van der Waals surface area contributed by atoms with Crippen molar-refractivity contribution in [2.24, 2.45) is 5.73 Å². The van der Waals surface area contributed by atoms with Crippen molar-refractivity contribution in [2.75, 3.05) is 12.3 Å². The van der Waals surface area contributed by atoms with Crippen molar-refractivity contribution in [3.63, 3.8) is 0 Å². The first-order valence-electron chi connectivity index (χ1n) is 12.5. The van der Waals surface area contributed by atoms with Gasteiger partial charge in [-0.05, 0) is 6.07 Å². The molecule has 2 fully saturated rings. The summed E-state index contributed by atoms with van der Waals surface area (Å²) in [5, 5.41) is 41.8. The first-order chi connectivity index (χ1) is 20.2. The maximum Gasteiger partial charge on any atom is 0.434 e. The predicted molar refractivity (Wildman–Crippen MR) is 137 cm³/mol. The molecule has 43 heavy (non-hydrogen) atoms. The fourth-order valence-corrected chi connectivity index (χ4v) is 7.15. The van der Waals surface area contributed by atoms with Gasteiger partial charge in [-0.2, -0.15) is 23.4 Å². The smallest absolute Gasteiger partial charge is 0.434 e. The zero-order valence-electron chi connectivity index (χ0n) is 21.8. The van der Waals surface area contributed by atoms with Crippen molar-refractivity contribution in [3.05, 3.63) is 42.7 Å². The summed E-state index contributed by atoms with van der Waals surface area (Å²) in [7, 11) is -10.8. The number of phosphoric ester groups is 2. The highest BCUT2D eigenvalue weighted by Crippen LogP contribution is 2.66. The first-order valence-corrected chi connectivity index (χ1v) is 15.5. The van der Waals surface area contributed by atoms with Gasteiger partial charge < -0.3 is 46.4 Å². The van der Waals surface area contributed by atoms with E-state index in [1.54, 1.807) is 0 Å². The molecule has 3 aromatic rings. The van der Waals surface area contributed by atoms with E-state index in [4.69, 9.17) is 25.3 Å². The van der Waals surface area contributed by atoms with Crippen molar-refractivity contribution in [1.29, 1.82) is 0 Å². The van der Waals surface area contributed by atoms with Gasteiger partial charge in [0, 0.05) is 16.8 Å². The number of nitrogens with two attached hydrogens (primary N) is 2. The summed E-state index contributed by atoms with van der Waals surface area (Å²) in [4.78, 5) is 68.6. The summed E-state index contributed by atoms with van der Waals surface area (Å²) in [5.74, 6) is -0.699. The van der Waals surface area contributed by atoms with Crippen LogP contribution in [0.1, 0.15) is 29.0 Å². The minimum absolute atomic E-state index is 0.0527. The molecule has 4 heterocycles. The van der Waals surface area contributed by atoms with E-state index >= 15 is 0 Å². The lowest BCUT2D eigenvalue weighted by molar-refractivity contribution is -0.728. The number of nitrogens with zero attached hydrogens (tertiary/aromatic N) is 5. The lowest BCUT2D eigenvalue weighted by Crippen LogP contribution is -2.45. The lowest BCUT2D eigenvalue weighted by atomic mass is 10.1. The summed E-state index contributed by atoms with van der Waals surface area (Å²) >= 11 is 0. The fraction of sp³-hybridized carbons (Fsp3) is 0.476. The average Bonchev–Trinajstić information content (AvgIpc) is 3.58. The van der Waals surface area contributed by atoms with Crippen molar-refractivity contribution in [1.82, 2.24) is 19.5 Å². The Labute approximate surface area is 242 Å². The third-order valence-corrected chi connectivity index (χ3v) is 9.63. The van der Waals surface area contributed by atoms with Gasteiger partial charge in [0.2, 0.25) is 0 Å². The molecule has 1 aliphatic carbocycles. The number of hydrogen-bond acceptors (Lipinski definition) is 17. The number of pyridine rings is 1. The van der Waals surface area contributed by atoms with Crippen LogP contribution in [0.3, 0.4) is 0 Å². The highest BCUT2D eigenvalue weighted by Gasteiger charge is 2.56. The second-order valence-electron chi connectivity index (χ2n) is 9.78. The van der Waals surface area contributed by atoms with E-state index in [-0.39, 0.29) is 29.0 Å². The molecule has 22 heteroatoms. The van der Waals surface area contributed by atoms with Crippen LogP contribution in [-0.4, -0.2) is 98.9 Å². The summed E-state index contributed by atoms with van der Waals surface area (Å²) in [6, 6.07) is 1.94. The molecule has 0 aromatic carbocycles. The maximum absolute atomic E-state index is 12.6. The van der Waals surface area contributed by atoms with Crippen LogP contribution in [0.25, 0.3) is 11.2 Å². The maximum atomic E-state index is 12.6. The predicted octanol–water partition coefficient (Wildman–Crippen LogP) is -4.74. The number of carbonyl (C=O) groups is 1. The number of hydrogen-bond donors (Lipinski definition) is 8. The number of aliphatic hydroxyl groups excluding tert-OH is 4. The fourth-order valence-electron chi connectivity index (χ4n) is 4.88. The Bertz CT molecular complexity index is 1480. The van der Waals surface area contributed by atoms with E-state index in [0.717, 1.165) is 6.33 Å². The van der Waals surface area contributed by atoms with Gasteiger partial charge in [-0.15, -0.1) is 0 Å². The Morgan fingerprint density at radius 3 is 2.58 bits per heavy atom. The Morgan fingerprint density at radius 1 is 1.12 bits per heavy atom. The summed E-state index contributed by atoms with van der Waals surface area (Å²) in [5.41, 5.74) is 11.5. The summed E-state index contributed by atoms with van der Waals surface area (Å²) in [6.45, 7) is -0.897. The Balaban J connectivity index is 1.19. The SMILES string of the molecule is NC(=O)c1ccc[n+]([C@@H]2C[C@H](O[P+]([O-])(O)O[P+]([O-])(O)OC[C@H]3O[C@@H](n4cnc5c(N)ncnc54)[C@H](O)[C@@H]3O)[C@@H](O)[C@H]2O)c1. The Hall–Kier alpha value is -2.65. The molecule has 0 spiro atoms. The van der Waals surface area contributed by atoms with Crippen molar-refractivity contribution in [3.8, 4) is 0 Å². The van der Waals surface area contributed by atoms with Gasteiger partial charge in [0.1, 0.15) is 60.6 Å². The number of imidazole rings is 1. The highest BCUT2D eigenvalue weighted by atomic mass is 31.3. The molecule has 1 saturated carbocycles. The number of primary amides is 1. The van der Waals surface area contributed by atoms with Crippen LogP contribution in [0.15, 0.2) is 37.2 Å². The monoisotopic (exact) mass is 648 g/mol. The van der Waals surface area contributed by atoms with Gasteiger partial charge in [0.05, 0.1) is 6.33 Å². The van der Waals surface area contributed by atoms with Crippen LogP contribution in [0, 0.1) is 0 Å². The van der Waals surface area contributed by atoms with Gasteiger partial charge in [0.15, 0.2) is 36.1 Å². The van der Waals surface area contributed by atoms with Crippen LogP contribution in [0.5, 0.6) is 0 Å². The van der Waals surface area contributed by atoms with Crippen LogP contribution >= 0.6 is 16.3 Å². The second kappa shape index (κ2) is 12.0. The van der Waals surface area contributed by atoms with Gasteiger partial charge in [-0.1, -0.05) is 0 Å². The minimum atomic E-state index is -5.43. The van der Waals surface area contributed by atoms with Crippen LogP contribution in [0.2, 0.25) is 0 Å². The number of anilines is 1. The number of carbonyl (C=O) groups excluding carboxylic acids is 1. The first kappa shape index (κ1) is 31.8. The van der Waals surface area contributed by atoms with Gasteiger partial charge in [-0.3, -0.25) is 9.36 Å². The number of phosphoric acid groups is 2. The Kier molecular flexibility index (Phi) is 8.89. The average molecular weight is 648 g/mol. The summed E-state index contributed by atoms with van der Waals surface area (Å²) in [6.07, 6.45) is -5.92. The van der Waals surface area contributed by atoms with E-state index in [2.05, 4.69) is 19.3 Å². The van der Waals surface area contributed by atoms with Crippen molar-refractivity contribution in [2.45, 2.75) is 55.3 Å². The van der Waals surface area contributed by atoms with Gasteiger partial charge >= 0.3 is 16.3 Å². The molecular formula is C21H28N7O13P2+. The minimum Gasteiger partial charge on any atom is -0.603 e. The molecule has 20 nitrogen and oxygen atoms in total. The third kappa shape index (κ3) is 6.58. The van der Waals surface area contributed by atoms with E-state index in [9.17, 15) is 44.8 Å². The Morgan fingerprint density at radius 2 is 1.86 bits per heavy atom. The molecule has 1 aliphatic heterocycles. The molecule has 1 saturated heterocycles. The van der Waals surface area contributed by atoms with Crippen LogP contribution < -0.4 is 25.8 Å². The largest absolute Gasteiger partial charge is 0.603 e. The molecule has 0 radical (unpaired) electrons. The zero-order chi connectivity index (χ0) is 31.3. The van der Waals surface area contributed by atoms with Crippen molar-refractivity contribution >= 4 is 39.2 Å². The summed E-state index contributed by atoms with van der Waals surface area (Å²) < 4.78 is 22.1. The molecule has 10 atom stereocenters. The van der Waals surface area contributed by atoms with E-state index in [0.29, 0.717) is 0 Å². The molecular weight excluding hydrogens is 620 g/mol. The molecule has 3 aromatic heterocycles.